The van der Waals surface area contributed by atoms with Crippen molar-refractivity contribution >= 4 is 0 Å². The number of hydrogen-bond donors (Lipinski definition) is 0. The van der Waals surface area contributed by atoms with Crippen LogP contribution in [0.4, 0.5) is 0 Å². The lowest BCUT2D eigenvalue weighted by atomic mass is 10.2. The Morgan fingerprint density at radius 1 is 1.89 bits per heavy atom. The van der Waals surface area contributed by atoms with Crippen LogP contribution in [0.15, 0.2) is 24.9 Å². The fourth-order valence-corrected chi connectivity index (χ4v) is 1.06. The van der Waals surface area contributed by atoms with Crippen LogP contribution in [0.2, 0.25) is 0 Å². The molecule has 0 aromatic rings. The second-order valence-corrected chi connectivity index (χ2v) is 2.56. The lowest BCUT2D eigenvalue weighted by molar-refractivity contribution is 0.414. The van der Waals surface area contributed by atoms with E-state index < -0.39 is 0 Å². The lowest BCUT2D eigenvalue weighted by Gasteiger charge is -2.12. The minimum absolute atomic E-state index is 0.727. The van der Waals surface area contributed by atoms with Crippen LogP contribution in [-0.4, -0.2) is 18.0 Å². The quantitative estimate of drug-likeness (QED) is 0.504. The fraction of sp³-hybridized carbons (Fsp3) is 0.500. The van der Waals surface area contributed by atoms with Gasteiger partial charge in [0, 0.05) is 13.1 Å². The van der Waals surface area contributed by atoms with Crippen molar-refractivity contribution in [2.45, 2.75) is 6.92 Å². The molecule has 1 aliphatic rings. The van der Waals surface area contributed by atoms with Crippen molar-refractivity contribution in [2.75, 3.05) is 13.1 Å². The van der Waals surface area contributed by atoms with E-state index in [1.54, 1.807) is 0 Å². The van der Waals surface area contributed by atoms with Gasteiger partial charge in [-0.1, -0.05) is 19.1 Å². The Bertz CT molecular complexity index is 127. The van der Waals surface area contributed by atoms with Crippen LogP contribution < -0.4 is 0 Å². The molecule has 1 atom stereocenters. The molecule has 0 bridgehead atoms. The highest BCUT2D eigenvalue weighted by molar-refractivity contribution is 4.97. The standard InChI is InChI=1S/C8H13N/c1-3-5-9-6-4-8(2)7-9/h3-4,6,8H,1,5,7H2,2H3. The van der Waals surface area contributed by atoms with Gasteiger partial charge in [-0.3, -0.25) is 0 Å². The molecule has 0 saturated carbocycles. The first-order valence-electron chi connectivity index (χ1n) is 3.36. The number of hydrogen-bond acceptors (Lipinski definition) is 1. The van der Waals surface area contributed by atoms with Crippen LogP contribution >= 0.6 is 0 Å². The van der Waals surface area contributed by atoms with E-state index in [9.17, 15) is 0 Å². The first-order valence-corrected chi connectivity index (χ1v) is 3.36. The average molecular weight is 123 g/mol. The van der Waals surface area contributed by atoms with Crippen LogP contribution in [0, 0.1) is 5.92 Å². The van der Waals surface area contributed by atoms with Gasteiger partial charge in [0.1, 0.15) is 0 Å². The highest BCUT2D eigenvalue weighted by Gasteiger charge is 2.08. The van der Waals surface area contributed by atoms with Gasteiger partial charge in [0.15, 0.2) is 0 Å². The maximum absolute atomic E-state index is 3.67. The maximum atomic E-state index is 3.67. The van der Waals surface area contributed by atoms with Gasteiger partial charge < -0.3 is 4.90 Å². The normalized spacial score (nSPS) is 25.0. The first kappa shape index (κ1) is 6.40. The van der Waals surface area contributed by atoms with Crippen molar-refractivity contribution in [1.29, 1.82) is 0 Å². The molecule has 0 fully saturated rings. The second kappa shape index (κ2) is 2.72. The predicted octanol–water partition coefficient (Wildman–Crippen LogP) is 1.64. The molecule has 0 aromatic heterocycles. The lowest BCUT2D eigenvalue weighted by Crippen LogP contribution is -2.16. The zero-order valence-electron chi connectivity index (χ0n) is 5.88. The van der Waals surface area contributed by atoms with Gasteiger partial charge in [-0.05, 0) is 12.1 Å². The third kappa shape index (κ3) is 1.60. The molecule has 1 unspecified atom stereocenters. The summed E-state index contributed by atoms with van der Waals surface area (Å²) < 4.78 is 0. The Morgan fingerprint density at radius 3 is 3.11 bits per heavy atom. The van der Waals surface area contributed by atoms with E-state index in [1.807, 2.05) is 6.08 Å². The number of nitrogens with zero attached hydrogens (tertiary/aromatic N) is 1. The van der Waals surface area contributed by atoms with Gasteiger partial charge in [-0.2, -0.15) is 0 Å². The Kier molecular flexibility index (Phi) is 1.93. The molecule has 0 aromatic carbocycles. The molecular weight excluding hydrogens is 110 g/mol. The third-order valence-electron chi connectivity index (χ3n) is 1.51. The molecule has 0 N–H and O–H groups in total. The summed E-state index contributed by atoms with van der Waals surface area (Å²) in [6.07, 6.45) is 6.30. The smallest absolute Gasteiger partial charge is 0.0351 e. The van der Waals surface area contributed by atoms with Gasteiger partial charge in [0.2, 0.25) is 0 Å². The predicted molar refractivity (Wildman–Crippen MR) is 40.1 cm³/mol. The summed E-state index contributed by atoms with van der Waals surface area (Å²) in [5.74, 6) is 0.727. The van der Waals surface area contributed by atoms with Crippen molar-refractivity contribution in [2.24, 2.45) is 5.92 Å². The summed E-state index contributed by atoms with van der Waals surface area (Å²) in [6, 6.07) is 0. The van der Waals surface area contributed by atoms with E-state index >= 15 is 0 Å². The van der Waals surface area contributed by atoms with Gasteiger partial charge >= 0.3 is 0 Å². The van der Waals surface area contributed by atoms with Crippen LogP contribution in [0.5, 0.6) is 0 Å². The third-order valence-corrected chi connectivity index (χ3v) is 1.51. The first-order chi connectivity index (χ1) is 4.33. The van der Waals surface area contributed by atoms with Crippen LogP contribution in [0.3, 0.4) is 0 Å². The second-order valence-electron chi connectivity index (χ2n) is 2.56. The van der Waals surface area contributed by atoms with Gasteiger partial charge in [-0.25, -0.2) is 0 Å². The van der Waals surface area contributed by atoms with Gasteiger partial charge in [0.05, 0.1) is 0 Å². The molecular formula is C8H13N. The molecule has 0 saturated heterocycles. The Morgan fingerprint density at radius 2 is 2.67 bits per heavy atom. The van der Waals surface area contributed by atoms with Gasteiger partial charge in [0.25, 0.3) is 0 Å². The molecule has 1 aliphatic heterocycles. The summed E-state index contributed by atoms with van der Waals surface area (Å²) in [5, 5.41) is 0. The average Bonchev–Trinajstić information content (AvgIpc) is 2.17. The largest absolute Gasteiger partial charge is 0.373 e. The molecule has 1 nitrogen and oxygen atoms in total. The minimum atomic E-state index is 0.727. The van der Waals surface area contributed by atoms with Crippen molar-refractivity contribution in [1.82, 2.24) is 4.90 Å². The summed E-state index contributed by atoms with van der Waals surface area (Å²) in [6.45, 7) is 8.04. The van der Waals surface area contributed by atoms with Crippen molar-refractivity contribution in [3.8, 4) is 0 Å². The molecule has 0 radical (unpaired) electrons. The molecule has 1 heteroatoms. The molecule has 1 heterocycles. The molecule has 9 heavy (non-hydrogen) atoms. The van der Waals surface area contributed by atoms with E-state index in [4.69, 9.17) is 0 Å². The molecule has 1 rings (SSSR count). The highest BCUT2D eigenvalue weighted by atomic mass is 15.1. The summed E-state index contributed by atoms with van der Waals surface area (Å²) in [5.41, 5.74) is 0. The Balaban J connectivity index is 2.31. The zero-order chi connectivity index (χ0) is 6.69. The van der Waals surface area contributed by atoms with E-state index in [0.29, 0.717) is 0 Å². The molecule has 50 valence electrons. The maximum Gasteiger partial charge on any atom is 0.0351 e. The van der Waals surface area contributed by atoms with Crippen molar-refractivity contribution in [3.05, 3.63) is 24.9 Å². The molecule has 0 aliphatic carbocycles. The van der Waals surface area contributed by atoms with E-state index in [2.05, 4.69) is 30.7 Å². The Hall–Kier alpha value is -0.720. The van der Waals surface area contributed by atoms with Crippen molar-refractivity contribution < 1.29 is 0 Å². The van der Waals surface area contributed by atoms with E-state index in [0.717, 1.165) is 19.0 Å². The fourth-order valence-electron chi connectivity index (χ4n) is 1.06. The SMILES string of the molecule is C=CCN1C=CC(C)C1. The highest BCUT2D eigenvalue weighted by Crippen LogP contribution is 2.09. The zero-order valence-corrected chi connectivity index (χ0v) is 5.88. The number of rotatable bonds is 2. The molecule has 0 spiro atoms. The monoisotopic (exact) mass is 123 g/mol. The molecule has 0 amide bonds. The van der Waals surface area contributed by atoms with Crippen LogP contribution in [0.25, 0.3) is 0 Å². The van der Waals surface area contributed by atoms with Gasteiger partial charge in [-0.15, -0.1) is 6.58 Å². The van der Waals surface area contributed by atoms with Crippen molar-refractivity contribution in [3.63, 3.8) is 0 Å². The topological polar surface area (TPSA) is 3.24 Å². The minimum Gasteiger partial charge on any atom is -0.373 e. The van der Waals surface area contributed by atoms with E-state index in [-0.39, 0.29) is 0 Å². The van der Waals surface area contributed by atoms with Crippen LogP contribution in [0.1, 0.15) is 6.92 Å². The Labute approximate surface area is 56.7 Å². The summed E-state index contributed by atoms with van der Waals surface area (Å²) in [7, 11) is 0. The summed E-state index contributed by atoms with van der Waals surface area (Å²) in [4.78, 5) is 2.26. The van der Waals surface area contributed by atoms with Crippen LogP contribution in [-0.2, 0) is 0 Å². The summed E-state index contributed by atoms with van der Waals surface area (Å²) >= 11 is 0. The van der Waals surface area contributed by atoms with E-state index in [1.165, 1.54) is 0 Å².